The first-order valence-electron chi connectivity index (χ1n) is 7.69. The second kappa shape index (κ2) is 9.55. The summed E-state index contributed by atoms with van der Waals surface area (Å²) < 4.78 is 21.0. The molecule has 1 saturated heterocycles. The molecule has 0 bridgehead atoms. The Balaban J connectivity index is 1.63. The molecule has 1 aliphatic heterocycles. The lowest BCUT2D eigenvalue weighted by molar-refractivity contribution is -0.173. The lowest BCUT2D eigenvalue weighted by atomic mass is 10.1. The summed E-state index contributed by atoms with van der Waals surface area (Å²) in [5.74, 6) is 0. The van der Waals surface area contributed by atoms with Crippen LogP contribution in [0.4, 0.5) is 4.79 Å². The van der Waals surface area contributed by atoms with Gasteiger partial charge in [-0.15, -0.1) is 0 Å². The maximum atomic E-state index is 11.6. The second-order valence-electron chi connectivity index (χ2n) is 5.28. The van der Waals surface area contributed by atoms with E-state index in [0.717, 1.165) is 5.56 Å². The van der Waals surface area contributed by atoms with Crippen molar-refractivity contribution in [2.45, 2.75) is 31.2 Å². The van der Waals surface area contributed by atoms with Crippen LogP contribution in [0.25, 0.3) is 0 Å². The first-order valence-corrected chi connectivity index (χ1v) is 7.69. The van der Waals surface area contributed by atoms with Crippen LogP contribution in [-0.2, 0) is 25.6 Å². The quantitative estimate of drug-likeness (QED) is 0.572. The summed E-state index contributed by atoms with van der Waals surface area (Å²) in [6.07, 6.45) is -3.75. The molecule has 1 aromatic rings. The Morgan fingerprint density at radius 2 is 2.08 bits per heavy atom. The van der Waals surface area contributed by atoms with E-state index in [1.165, 1.54) is 7.11 Å². The van der Waals surface area contributed by atoms with Gasteiger partial charge in [0, 0.05) is 13.7 Å². The Morgan fingerprint density at radius 1 is 1.33 bits per heavy atom. The van der Waals surface area contributed by atoms with E-state index < -0.39 is 30.7 Å². The number of rotatable bonds is 8. The van der Waals surface area contributed by atoms with Gasteiger partial charge < -0.3 is 34.5 Å². The summed E-state index contributed by atoms with van der Waals surface area (Å²) in [5, 5.41) is 21.5. The van der Waals surface area contributed by atoms with E-state index in [1.54, 1.807) is 0 Å². The van der Waals surface area contributed by atoms with E-state index in [0.29, 0.717) is 0 Å². The van der Waals surface area contributed by atoms with E-state index in [2.05, 4.69) is 5.32 Å². The van der Waals surface area contributed by atoms with E-state index in [4.69, 9.17) is 24.1 Å². The van der Waals surface area contributed by atoms with Crippen molar-refractivity contribution in [3.05, 3.63) is 35.9 Å². The van der Waals surface area contributed by atoms with Crippen LogP contribution in [0.1, 0.15) is 5.56 Å². The van der Waals surface area contributed by atoms with Gasteiger partial charge in [-0.1, -0.05) is 30.3 Å². The Bertz CT molecular complexity index is 498. The van der Waals surface area contributed by atoms with Crippen LogP contribution in [0, 0.1) is 0 Å². The number of amides is 1. The molecule has 3 N–H and O–H groups in total. The minimum atomic E-state index is -0.964. The van der Waals surface area contributed by atoms with Gasteiger partial charge in [0.25, 0.3) is 0 Å². The number of carbonyl (C=O) groups excluding carboxylic acids is 1. The third-order valence-corrected chi connectivity index (χ3v) is 3.61. The molecular weight excluding hydrogens is 318 g/mol. The molecule has 1 aliphatic rings. The first kappa shape index (κ1) is 18.6. The Labute approximate surface area is 140 Å². The first-order chi connectivity index (χ1) is 11.7. The third kappa shape index (κ3) is 5.15. The number of aliphatic hydroxyl groups excluding tert-OH is 2. The summed E-state index contributed by atoms with van der Waals surface area (Å²) in [4.78, 5) is 11.6. The highest BCUT2D eigenvalue weighted by Gasteiger charge is 2.44. The number of alkyl carbamates (subject to hydrolysis) is 1. The number of carbonyl (C=O) groups is 1. The van der Waals surface area contributed by atoms with Crippen molar-refractivity contribution in [2.75, 3.05) is 26.9 Å². The largest absolute Gasteiger partial charge is 0.445 e. The monoisotopic (exact) mass is 341 g/mol. The van der Waals surface area contributed by atoms with Crippen LogP contribution in [0.3, 0.4) is 0 Å². The molecule has 4 atom stereocenters. The lowest BCUT2D eigenvalue weighted by Gasteiger charge is -2.19. The molecule has 8 heteroatoms. The van der Waals surface area contributed by atoms with E-state index >= 15 is 0 Å². The SMILES string of the molecule is CO[C@H]1[C@@H](OCCNC(=O)OCc2ccccc2)O[C@H](CO)[C@H]1O. The van der Waals surface area contributed by atoms with Gasteiger partial charge in [0.1, 0.15) is 24.9 Å². The molecule has 24 heavy (non-hydrogen) atoms. The van der Waals surface area contributed by atoms with Gasteiger partial charge in [-0.3, -0.25) is 0 Å². The second-order valence-corrected chi connectivity index (χ2v) is 5.28. The lowest BCUT2D eigenvalue weighted by Crippen LogP contribution is -2.37. The van der Waals surface area contributed by atoms with Gasteiger partial charge in [0.15, 0.2) is 6.29 Å². The van der Waals surface area contributed by atoms with E-state index in [1.807, 2.05) is 30.3 Å². The number of hydrogen-bond acceptors (Lipinski definition) is 7. The van der Waals surface area contributed by atoms with Crippen LogP contribution in [0.2, 0.25) is 0 Å². The van der Waals surface area contributed by atoms with Gasteiger partial charge in [0.2, 0.25) is 0 Å². The average molecular weight is 341 g/mol. The summed E-state index contributed by atoms with van der Waals surface area (Å²) in [6, 6.07) is 9.35. The highest BCUT2D eigenvalue weighted by Crippen LogP contribution is 2.24. The van der Waals surface area contributed by atoms with E-state index in [-0.39, 0.29) is 26.4 Å². The van der Waals surface area contributed by atoms with Gasteiger partial charge >= 0.3 is 6.09 Å². The molecule has 0 aliphatic carbocycles. The maximum absolute atomic E-state index is 11.6. The van der Waals surface area contributed by atoms with Crippen molar-refractivity contribution in [1.82, 2.24) is 5.32 Å². The maximum Gasteiger partial charge on any atom is 0.407 e. The zero-order valence-electron chi connectivity index (χ0n) is 13.5. The molecule has 1 fully saturated rings. The molecule has 0 radical (unpaired) electrons. The molecule has 0 aromatic heterocycles. The van der Waals surface area contributed by atoms with Crippen molar-refractivity contribution in [1.29, 1.82) is 0 Å². The molecule has 8 nitrogen and oxygen atoms in total. The Morgan fingerprint density at radius 3 is 2.75 bits per heavy atom. The van der Waals surface area contributed by atoms with Crippen molar-refractivity contribution in [2.24, 2.45) is 0 Å². The fourth-order valence-corrected chi connectivity index (χ4v) is 2.34. The average Bonchev–Trinajstić information content (AvgIpc) is 2.92. The number of benzene rings is 1. The standard InChI is InChI=1S/C16H23NO7/c1-21-14-13(19)12(9-18)24-15(14)22-8-7-17-16(20)23-10-11-5-3-2-4-6-11/h2-6,12-15,18-19H,7-10H2,1H3,(H,17,20)/t12-,13-,14-,15+/m1/s1. The smallest absolute Gasteiger partial charge is 0.407 e. The highest BCUT2D eigenvalue weighted by molar-refractivity contribution is 5.67. The molecule has 2 rings (SSSR count). The zero-order valence-corrected chi connectivity index (χ0v) is 13.5. The molecule has 0 spiro atoms. The summed E-state index contributed by atoms with van der Waals surface area (Å²) in [7, 11) is 1.42. The van der Waals surface area contributed by atoms with Gasteiger partial charge in [-0.05, 0) is 5.56 Å². The van der Waals surface area contributed by atoms with Gasteiger partial charge in [-0.25, -0.2) is 4.79 Å². The number of hydrogen-bond donors (Lipinski definition) is 3. The highest BCUT2D eigenvalue weighted by atomic mass is 16.7. The van der Waals surface area contributed by atoms with Crippen LogP contribution < -0.4 is 5.32 Å². The summed E-state index contributed by atoms with van der Waals surface area (Å²) in [6.45, 7) is 0.222. The molecule has 0 unspecified atom stereocenters. The number of nitrogens with one attached hydrogen (secondary N) is 1. The molecule has 134 valence electrons. The predicted octanol–water partition coefficient (Wildman–Crippen LogP) is 0.0225. The zero-order chi connectivity index (χ0) is 17.4. The summed E-state index contributed by atoms with van der Waals surface area (Å²) >= 11 is 0. The number of aliphatic hydroxyl groups is 2. The number of methoxy groups -OCH3 is 1. The fourth-order valence-electron chi connectivity index (χ4n) is 2.34. The van der Waals surface area contributed by atoms with Crippen LogP contribution in [-0.4, -0.2) is 67.8 Å². The fraction of sp³-hybridized carbons (Fsp3) is 0.562. The molecule has 1 aromatic carbocycles. The van der Waals surface area contributed by atoms with Crippen LogP contribution in [0.5, 0.6) is 0 Å². The molecule has 1 heterocycles. The van der Waals surface area contributed by atoms with Crippen molar-refractivity contribution in [3.63, 3.8) is 0 Å². The molecule has 0 saturated carbocycles. The van der Waals surface area contributed by atoms with E-state index in [9.17, 15) is 9.90 Å². The Kier molecular flexibility index (Phi) is 7.41. The Hall–Kier alpha value is -1.71. The van der Waals surface area contributed by atoms with Crippen molar-refractivity contribution >= 4 is 6.09 Å². The topological polar surface area (TPSA) is 106 Å². The van der Waals surface area contributed by atoms with Crippen LogP contribution >= 0.6 is 0 Å². The third-order valence-electron chi connectivity index (χ3n) is 3.61. The normalized spacial score (nSPS) is 26.3. The van der Waals surface area contributed by atoms with Crippen molar-refractivity contribution in [3.8, 4) is 0 Å². The number of ether oxygens (including phenoxy) is 4. The van der Waals surface area contributed by atoms with Crippen LogP contribution in [0.15, 0.2) is 30.3 Å². The molecular formula is C16H23NO7. The van der Waals surface area contributed by atoms with Gasteiger partial charge in [-0.2, -0.15) is 0 Å². The minimum absolute atomic E-state index is 0.149. The molecule has 1 amide bonds. The summed E-state index contributed by atoms with van der Waals surface area (Å²) in [5.41, 5.74) is 0.898. The van der Waals surface area contributed by atoms with Gasteiger partial charge in [0.05, 0.1) is 13.2 Å². The predicted molar refractivity (Wildman–Crippen MR) is 83.1 cm³/mol. The van der Waals surface area contributed by atoms with Crippen molar-refractivity contribution < 1.29 is 34.0 Å². The minimum Gasteiger partial charge on any atom is -0.445 e.